The molecule has 0 spiro atoms. The molecule has 1 aliphatic rings. The second kappa shape index (κ2) is 6.32. The second-order valence-corrected chi connectivity index (χ2v) is 6.18. The van der Waals surface area contributed by atoms with Gasteiger partial charge in [-0.3, -0.25) is 4.79 Å². The van der Waals surface area contributed by atoms with Gasteiger partial charge in [0.25, 0.3) is 5.91 Å². The van der Waals surface area contributed by atoms with Gasteiger partial charge in [-0.2, -0.15) is 0 Å². The first kappa shape index (κ1) is 15.3. The quantitative estimate of drug-likeness (QED) is 0.758. The zero-order chi connectivity index (χ0) is 17.2. The van der Waals surface area contributed by atoms with Crippen molar-refractivity contribution in [2.45, 2.75) is 13.1 Å². The number of benzene rings is 3. The maximum Gasteiger partial charge on any atom is 0.255 e. The number of aromatic hydroxyl groups is 1. The maximum absolute atomic E-state index is 12.3. The molecule has 0 radical (unpaired) electrons. The molecule has 1 aliphatic heterocycles. The van der Waals surface area contributed by atoms with E-state index in [1.807, 2.05) is 24.3 Å². The molecule has 4 heteroatoms. The number of phenolic OH excluding ortho intramolecular Hbond substituents is 1. The summed E-state index contributed by atoms with van der Waals surface area (Å²) in [6, 6.07) is 22.6. The molecular weight excluding hydrogens is 312 g/mol. The third kappa shape index (κ3) is 3.19. The van der Waals surface area contributed by atoms with Crippen LogP contribution in [-0.2, 0) is 13.1 Å². The van der Waals surface area contributed by atoms with Crippen molar-refractivity contribution in [1.82, 2.24) is 0 Å². The number of rotatable bonds is 3. The van der Waals surface area contributed by atoms with Crippen LogP contribution in [0.1, 0.15) is 21.5 Å². The number of anilines is 2. The number of carbonyl (C=O) groups excluding carboxylic acids is 1. The van der Waals surface area contributed by atoms with Crippen LogP contribution in [0, 0.1) is 0 Å². The van der Waals surface area contributed by atoms with Gasteiger partial charge in [-0.25, -0.2) is 0 Å². The van der Waals surface area contributed by atoms with E-state index in [0.29, 0.717) is 11.3 Å². The number of hydrogen-bond acceptors (Lipinski definition) is 3. The van der Waals surface area contributed by atoms with Gasteiger partial charge in [-0.15, -0.1) is 0 Å². The molecule has 1 amide bonds. The van der Waals surface area contributed by atoms with Gasteiger partial charge in [0, 0.05) is 36.1 Å². The van der Waals surface area contributed by atoms with E-state index in [0.717, 1.165) is 18.8 Å². The van der Waals surface area contributed by atoms with Crippen LogP contribution in [0.15, 0.2) is 72.8 Å². The Labute approximate surface area is 146 Å². The smallest absolute Gasteiger partial charge is 0.255 e. The van der Waals surface area contributed by atoms with Gasteiger partial charge < -0.3 is 15.3 Å². The standard InChI is InChI=1S/C21H18N2O2/c24-20-7-3-6-18(12-20)22-21(25)15-8-10-19(11-9-15)23-13-16-4-1-2-5-17(16)14-23/h1-12,24H,13-14H2,(H,22,25). The van der Waals surface area contributed by atoms with Crippen molar-refractivity contribution in [2.24, 2.45) is 0 Å². The number of phenols is 1. The lowest BCUT2D eigenvalue weighted by Crippen LogP contribution is -2.15. The molecule has 4 rings (SSSR count). The number of amides is 1. The summed E-state index contributed by atoms with van der Waals surface area (Å²) in [6.45, 7) is 1.79. The molecule has 3 aromatic carbocycles. The van der Waals surface area contributed by atoms with E-state index in [-0.39, 0.29) is 11.7 Å². The Kier molecular flexibility index (Phi) is 3.86. The lowest BCUT2D eigenvalue weighted by molar-refractivity contribution is 0.102. The normalized spacial score (nSPS) is 12.7. The fourth-order valence-corrected chi connectivity index (χ4v) is 3.13. The largest absolute Gasteiger partial charge is 0.508 e. The molecule has 0 fully saturated rings. The van der Waals surface area contributed by atoms with Crippen LogP contribution in [-0.4, -0.2) is 11.0 Å². The average Bonchev–Trinajstić information content (AvgIpc) is 3.06. The van der Waals surface area contributed by atoms with Gasteiger partial charge in [0.05, 0.1) is 0 Å². The summed E-state index contributed by atoms with van der Waals surface area (Å²) in [5.74, 6) is -0.0661. The molecule has 1 heterocycles. The summed E-state index contributed by atoms with van der Waals surface area (Å²) in [5.41, 5.74) is 4.97. The number of fused-ring (bicyclic) bond motifs is 1. The average molecular weight is 330 g/mol. The van der Waals surface area contributed by atoms with Crippen LogP contribution in [0.5, 0.6) is 5.75 Å². The zero-order valence-corrected chi connectivity index (χ0v) is 13.6. The van der Waals surface area contributed by atoms with E-state index in [1.54, 1.807) is 18.2 Å². The Morgan fingerprint density at radius 2 is 1.56 bits per heavy atom. The van der Waals surface area contributed by atoms with Gasteiger partial charge >= 0.3 is 0 Å². The number of hydrogen-bond donors (Lipinski definition) is 2. The highest BCUT2D eigenvalue weighted by Crippen LogP contribution is 2.28. The Bertz CT molecular complexity index is 894. The van der Waals surface area contributed by atoms with Crippen LogP contribution in [0.3, 0.4) is 0 Å². The minimum atomic E-state index is -0.193. The Balaban J connectivity index is 1.46. The fourth-order valence-electron chi connectivity index (χ4n) is 3.13. The molecule has 2 N–H and O–H groups in total. The molecule has 4 nitrogen and oxygen atoms in total. The van der Waals surface area contributed by atoms with E-state index in [2.05, 4.69) is 34.5 Å². The van der Waals surface area contributed by atoms with Crippen LogP contribution in [0.2, 0.25) is 0 Å². The summed E-state index contributed by atoms with van der Waals surface area (Å²) in [6.07, 6.45) is 0. The molecule has 124 valence electrons. The van der Waals surface area contributed by atoms with E-state index < -0.39 is 0 Å². The first-order valence-electron chi connectivity index (χ1n) is 8.21. The van der Waals surface area contributed by atoms with Gasteiger partial charge in [-0.1, -0.05) is 30.3 Å². The molecular formula is C21H18N2O2. The maximum atomic E-state index is 12.3. The van der Waals surface area contributed by atoms with E-state index >= 15 is 0 Å². The molecule has 3 aromatic rings. The van der Waals surface area contributed by atoms with Crippen molar-refractivity contribution >= 4 is 17.3 Å². The lowest BCUT2D eigenvalue weighted by Gasteiger charge is -2.18. The molecule has 0 saturated heterocycles. The van der Waals surface area contributed by atoms with Crippen LogP contribution in [0.25, 0.3) is 0 Å². The van der Waals surface area contributed by atoms with E-state index in [4.69, 9.17) is 0 Å². The molecule has 25 heavy (non-hydrogen) atoms. The summed E-state index contributed by atoms with van der Waals surface area (Å²) in [4.78, 5) is 14.6. The van der Waals surface area contributed by atoms with Crippen molar-refractivity contribution in [3.8, 4) is 5.75 Å². The third-order valence-electron chi connectivity index (χ3n) is 4.44. The Morgan fingerprint density at radius 3 is 2.20 bits per heavy atom. The highest BCUT2D eigenvalue weighted by Gasteiger charge is 2.18. The monoisotopic (exact) mass is 330 g/mol. The first-order chi connectivity index (χ1) is 12.2. The molecule has 0 aliphatic carbocycles. The van der Waals surface area contributed by atoms with Gasteiger partial charge in [0.15, 0.2) is 0 Å². The second-order valence-electron chi connectivity index (χ2n) is 6.18. The molecule has 0 bridgehead atoms. The SMILES string of the molecule is O=C(Nc1cccc(O)c1)c1ccc(N2Cc3ccccc3C2)cc1. The number of nitrogens with one attached hydrogen (secondary N) is 1. The summed E-state index contributed by atoms with van der Waals surface area (Å²) >= 11 is 0. The van der Waals surface area contributed by atoms with Gasteiger partial charge in [0.1, 0.15) is 5.75 Å². The summed E-state index contributed by atoms with van der Waals surface area (Å²) < 4.78 is 0. The van der Waals surface area contributed by atoms with Crippen molar-refractivity contribution < 1.29 is 9.90 Å². The first-order valence-corrected chi connectivity index (χ1v) is 8.21. The van der Waals surface area contributed by atoms with Crippen molar-refractivity contribution in [2.75, 3.05) is 10.2 Å². The number of carbonyl (C=O) groups is 1. The molecule has 0 atom stereocenters. The predicted molar refractivity (Wildman–Crippen MR) is 98.8 cm³/mol. The predicted octanol–water partition coefficient (Wildman–Crippen LogP) is 4.16. The van der Waals surface area contributed by atoms with Crippen LogP contribution >= 0.6 is 0 Å². The van der Waals surface area contributed by atoms with E-state index in [1.165, 1.54) is 17.2 Å². The van der Waals surface area contributed by atoms with Crippen LogP contribution < -0.4 is 10.2 Å². The van der Waals surface area contributed by atoms with Crippen molar-refractivity contribution in [3.05, 3.63) is 89.5 Å². The molecule has 0 aromatic heterocycles. The highest BCUT2D eigenvalue weighted by molar-refractivity contribution is 6.04. The van der Waals surface area contributed by atoms with Gasteiger partial charge in [-0.05, 0) is 47.5 Å². The number of nitrogens with zero attached hydrogens (tertiary/aromatic N) is 1. The van der Waals surface area contributed by atoms with E-state index in [9.17, 15) is 9.90 Å². The minimum absolute atomic E-state index is 0.127. The van der Waals surface area contributed by atoms with Crippen molar-refractivity contribution in [1.29, 1.82) is 0 Å². The molecule has 0 unspecified atom stereocenters. The Morgan fingerprint density at radius 1 is 0.880 bits per heavy atom. The topological polar surface area (TPSA) is 52.6 Å². The lowest BCUT2D eigenvalue weighted by atomic mass is 10.1. The zero-order valence-electron chi connectivity index (χ0n) is 13.6. The summed E-state index contributed by atoms with van der Waals surface area (Å²) in [7, 11) is 0. The van der Waals surface area contributed by atoms with Crippen LogP contribution in [0.4, 0.5) is 11.4 Å². The van der Waals surface area contributed by atoms with Crippen molar-refractivity contribution in [3.63, 3.8) is 0 Å². The Hall–Kier alpha value is -3.27. The third-order valence-corrected chi connectivity index (χ3v) is 4.44. The fraction of sp³-hybridized carbons (Fsp3) is 0.0952. The molecule has 0 saturated carbocycles. The summed E-state index contributed by atoms with van der Waals surface area (Å²) in [5, 5.41) is 12.3. The van der Waals surface area contributed by atoms with Gasteiger partial charge in [0.2, 0.25) is 0 Å². The minimum Gasteiger partial charge on any atom is -0.508 e. The highest BCUT2D eigenvalue weighted by atomic mass is 16.3.